The first-order valence-electron chi connectivity index (χ1n) is 7.95. The van der Waals surface area contributed by atoms with Gasteiger partial charge in [0.1, 0.15) is 11.5 Å². The molecule has 0 bridgehead atoms. The quantitative estimate of drug-likeness (QED) is 0.808. The largest absolute Gasteiger partial charge is 0.396 e. The number of aryl methyl sites for hydroxylation is 1. The Morgan fingerprint density at radius 1 is 1.39 bits per heavy atom. The standard InChI is InChI=1S/C17H22N4O2/c1-12-18-10-15(19-12)17(23)20-14-4-2-3-5-16(14)21-8-6-13(11-22)7-9-21/h2-5,10,13,22H,6-9,11H2,1H3,(H,18,19)(H,20,23). The summed E-state index contributed by atoms with van der Waals surface area (Å²) >= 11 is 0. The van der Waals surface area contributed by atoms with Gasteiger partial charge in [0, 0.05) is 19.7 Å². The number of imidazole rings is 1. The first-order chi connectivity index (χ1) is 11.2. The van der Waals surface area contributed by atoms with Crippen LogP contribution in [-0.2, 0) is 0 Å². The number of nitrogens with one attached hydrogen (secondary N) is 2. The molecule has 1 aliphatic heterocycles. The van der Waals surface area contributed by atoms with Crippen molar-refractivity contribution in [3.63, 3.8) is 0 Å². The Labute approximate surface area is 135 Å². The number of nitrogens with zero attached hydrogens (tertiary/aromatic N) is 2. The van der Waals surface area contributed by atoms with Gasteiger partial charge >= 0.3 is 0 Å². The fourth-order valence-electron chi connectivity index (χ4n) is 2.94. The van der Waals surface area contributed by atoms with Crippen LogP contribution in [0.5, 0.6) is 0 Å². The fourth-order valence-corrected chi connectivity index (χ4v) is 2.94. The van der Waals surface area contributed by atoms with Crippen molar-refractivity contribution in [2.24, 2.45) is 5.92 Å². The van der Waals surface area contributed by atoms with E-state index in [1.54, 1.807) is 6.20 Å². The summed E-state index contributed by atoms with van der Waals surface area (Å²) < 4.78 is 0. The lowest BCUT2D eigenvalue weighted by molar-refractivity contribution is 0.102. The van der Waals surface area contributed by atoms with E-state index in [0.717, 1.165) is 43.1 Å². The van der Waals surface area contributed by atoms with Crippen LogP contribution in [0.4, 0.5) is 11.4 Å². The number of hydrogen-bond acceptors (Lipinski definition) is 4. The summed E-state index contributed by atoms with van der Waals surface area (Å²) in [5, 5.41) is 12.2. The van der Waals surface area contributed by atoms with E-state index in [1.807, 2.05) is 31.2 Å². The molecule has 0 radical (unpaired) electrons. The molecule has 0 unspecified atom stereocenters. The van der Waals surface area contributed by atoms with E-state index in [1.165, 1.54) is 0 Å². The zero-order chi connectivity index (χ0) is 16.2. The van der Waals surface area contributed by atoms with Gasteiger partial charge in [-0.1, -0.05) is 12.1 Å². The Morgan fingerprint density at radius 2 is 2.13 bits per heavy atom. The molecule has 2 heterocycles. The SMILES string of the molecule is Cc1ncc(C(=O)Nc2ccccc2N2CCC(CO)CC2)[nH]1. The second-order valence-electron chi connectivity index (χ2n) is 5.97. The topological polar surface area (TPSA) is 81.2 Å². The van der Waals surface area contributed by atoms with Gasteiger partial charge in [0.2, 0.25) is 0 Å². The molecule has 3 N–H and O–H groups in total. The molecule has 0 saturated carbocycles. The van der Waals surface area contributed by atoms with Crippen LogP contribution < -0.4 is 10.2 Å². The Morgan fingerprint density at radius 3 is 2.78 bits per heavy atom. The van der Waals surface area contributed by atoms with Crippen molar-refractivity contribution in [3.05, 3.63) is 42.0 Å². The molecule has 0 spiro atoms. The molecule has 2 aromatic rings. The van der Waals surface area contributed by atoms with Crippen molar-refractivity contribution in [2.75, 3.05) is 29.9 Å². The molecule has 1 fully saturated rings. The first kappa shape index (κ1) is 15.6. The van der Waals surface area contributed by atoms with Gasteiger partial charge in [-0.2, -0.15) is 0 Å². The van der Waals surface area contributed by atoms with Crippen molar-refractivity contribution >= 4 is 17.3 Å². The van der Waals surface area contributed by atoms with E-state index in [-0.39, 0.29) is 12.5 Å². The summed E-state index contributed by atoms with van der Waals surface area (Å²) in [6, 6.07) is 7.82. The van der Waals surface area contributed by atoms with Crippen molar-refractivity contribution < 1.29 is 9.90 Å². The molecule has 23 heavy (non-hydrogen) atoms. The lowest BCUT2D eigenvalue weighted by Gasteiger charge is -2.34. The third-order valence-electron chi connectivity index (χ3n) is 4.31. The molecule has 1 amide bonds. The van der Waals surface area contributed by atoms with Gasteiger partial charge in [0.25, 0.3) is 5.91 Å². The minimum Gasteiger partial charge on any atom is -0.396 e. The monoisotopic (exact) mass is 314 g/mol. The Hall–Kier alpha value is -2.34. The van der Waals surface area contributed by atoms with Gasteiger partial charge in [-0.25, -0.2) is 4.98 Å². The maximum absolute atomic E-state index is 12.3. The Kier molecular flexibility index (Phi) is 4.62. The van der Waals surface area contributed by atoms with E-state index in [0.29, 0.717) is 11.6 Å². The number of carbonyl (C=O) groups is 1. The number of anilines is 2. The molecule has 6 nitrogen and oxygen atoms in total. The lowest BCUT2D eigenvalue weighted by Crippen LogP contribution is -2.35. The molecule has 122 valence electrons. The van der Waals surface area contributed by atoms with Crippen LogP contribution >= 0.6 is 0 Å². The number of carbonyl (C=O) groups excluding carboxylic acids is 1. The number of piperidine rings is 1. The highest BCUT2D eigenvalue weighted by Crippen LogP contribution is 2.29. The van der Waals surface area contributed by atoms with Crippen LogP contribution in [0, 0.1) is 12.8 Å². The third kappa shape index (κ3) is 3.53. The zero-order valence-electron chi connectivity index (χ0n) is 13.2. The van der Waals surface area contributed by atoms with E-state index < -0.39 is 0 Å². The number of hydrogen-bond donors (Lipinski definition) is 3. The average Bonchev–Trinajstić information content (AvgIpc) is 3.02. The molecule has 0 aliphatic carbocycles. The minimum atomic E-state index is -0.191. The molecular weight excluding hydrogens is 292 g/mol. The minimum absolute atomic E-state index is 0.191. The van der Waals surface area contributed by atoms with Crippen LogP contribution in [0.25, 0.3) is 0 Å². The van der Waals surface area contributed by atoms with Gasteiger partial charge in [-0.15, -0.1) is 0 Å². The molecule has 1 aromatic heterocycles. The number of aliphatic hydroxyl groups is 1. The molecule has 3 rings (SSSR count). The second kappa shape index (κ2) is 6.83. The number of benzene rings is 1. The number of rotatable bonds is 4. The third-order valence-corrected chi connectivity index (χ3v) is 4.31. The molecule has 1 aliphatic rings. The molecular formula is C17H22N4O2. The van der Waals surface area contributed by atoms with Crippen LogP contribution in [-0.4, -0.2) is 40.7 Å². The van der Waals surface area contributed by atoms with Crippen LogP contribution in [0.2, 0.25) is 0 Å². The maximum atomic E-state index is 12.3. The summed E-state index contributed by atoms with van der Waals surface area (Å²) in [6.07, 6.45) is 3.48. The number of aliphatic hydroxyl groups excluding tert-OH is 1. The number of amides is 1. The average molecular weight is 314 g/mol. The van der Waals surface area contributed by atoms with E-state index in [9.17, 15) is 9.90 Å². The van der Waals surface area contributed by atoms with Crippen molar-refractivity contribution in [1.29, 1.82) is 0 Å². The summed E-state index contributed by atoms with van der Waals surface area (Å²) in [5.74, 6) is 0.916. The fraction of sp³-hybridized carbons (Fsp3) is 0.412. The second-order valence-corrected chi connectivity index (χ2v) is 5.97. The van der Waals surface area contributed by atoms with Crippen LogP contribution in [0.15, 0.2) is 30.5 Å². The van der Waals surface area contributed by atoms with E-state index in [2.05, 4.69) is 20.2 Å². The number of para-hydroxylation sites is 2. The van der Waals surface area contributed by atoms with Crippen LogP contribution in [0.1, 0.15) is 29.2 Å². The van der Waals surface area contributed by atoms with Gasteiger partial charge in [0.15, 0.2) is 0 Å². The lowest BCUT2D eigenvalue weighted by atomic mass is 9.97. The maximum Gasteiger partial charge on any atom is 0.273 e. The van der Waals surface area contributed by atoms with E-state index in [4.69, 9.17) is 0 Å². The normalized spacial score (nSPS) is 15.7. The summed E-state index contributed by atoms with van der Waals surface area (Å²) in [7, 11) is 0. The molecule has 1 aromatic carbocycles. The van der Waals surface area contributed by atoms with E-state index >= 15 is 0 Å². The Bertz CT molecular complexity index is 675. The summed E-state index contributed by atoms with van der Waals surface area (Å²) in [4.78, 5) is 21.6. The predicted molar refractivity (Wildman–Crippen MR) is 89.7 cm³/mol. The van der Waals surface area contributed by atoms with Gasteiger partial charge < -0.3 is 20.3 Å². The van der Waals surface area contributed by atoms with Gasteiger partial charge in [0.05, 0.1) is 17.6 Å². The van der Waals surface area contributed by atoms with Crippen LogP contribution in [0.3, 0.4) is 0 Å². The van der Waals surface area contributed by atoms with Gasteiger partial charge in [-0.3, -0.25) is 4.79 Å². The van der Waals surface area contributed by atoms with Gasteiger partial charge in [-0.05, 0) is 37.8 Å². The number of H-pyrrole nitrogens is 1. The smallest absolute Gasteiger partial charge is 0.273 e. The summed E-state index contributed by atoms with van der Waals surface area (Å²) in [6.45, 7) is 3.85. The number of aromatic nitrogens is 2. The Balaban J connectivity index is 1.74. The molecule has 6 heteroatoms. The highest BCUT2D eigenvalue weighted by Gasteiger charge is 2.21. The summed E-state index contributed by atoms with van der Waals surface area (Å²) in [5.41, 5.74) is 2.27. The first-order valence-corrected chi connectivity index (χ1v) is 7.95. The molecule has 0 atom stereocenters. The highest BCUT2D eigenvalue weighted by molar-refractivity contribution is 6.04. The predicted octanol–water partition coefficient (Wildman–Crippen LogP) is 2.18. The highest BCUT2D eigenvalue weighted by atomic mass is 16.3. The molecule has 1 saturated heterocycles. The zero-order valence-corrected chi connectivity index (χ0v) is 13.2. The van der Waals surface area contributed by atoms with Crippen molar-refractivity contribution in [1.82, 2.24) is 9.97 Å². The number of aromatic amines is 1. The van der Waals surface area contributed by atoms with Crippen molar-refractivity contribution in [3.8, 4) is 0 Å². The van der Waals surface area contributed by atoms with Crippen molar-refractivity contribution in [2.45, 2.75) is 19.8 Å².